The lowest BCUT2D eigenvalue weighted by Gasteiger charge is -2.30. The molecule has 0 aliphatic rings. The summed E-state index contributed by atoms with van der Waals surface area (Å²) in [5.41, 5.74) is 5.96. The lowest BCUT2D eigenvalue weighted by atomic mass is 10.0. The number of rotatable bonds is 8. The highest BCUT2D eigenvalue weighted by Crippen LogP contribution is 2.30. The van der Waals surface area contributed by atoms with Gasteiger partial charge in [0.05, 0.1) is 12.2 Å². The van der Waals surface area contributed by atoms with Crippen LogP contribution in [0, 0.1) is 0 Å². The minimum Gasteiger partial charge on any atom is -0.380 e. The summed E-state index contributed by atoms with van der Waals surface area (Å²) in [6.45, 7) is 6.96. The van der Waals surface area contributed by atoms with Crippen molar-refractivity contribution in [2.45, 2.75) is 26.1 Å². The minimum absolute atomic E-state index is 0.0993. The maximum atomic E-state index is 12.6. The van der Waals surface area contributed by atoms with Gasteiger partial charge >= 0.3 is 6.18 Å². The molecule has 2 N–H and O–H groups in total. The maximum Gasteiger partial charge on any atom is 0.416 e. The van der Waals surface area contributed by atoms with Crippen LogP contribution < -0.4 is 5.73 Å². The van der Waals surface area contributed by atoms with E-state index >= 15 is 0 Å². The van der Waals surface area contributed by atoms with Crippen LogP contribution in [0.2, 0.25) is 0 Å². The number of alkyl halides is 3. The Labute approximate surface area is 123 Å². The van der Waals surface area contributed by atoms with Crippen LogP contribution in [0.25, 0.3) is 0 Å². The second-order valence-electron chi connectivity index (χ2n) is 4.70. The summed E-state index contributed by atoms with van der Waals surface area (Å²) >= 11 is 0. The van der Waals surface area contributed by atoms with E-state index in [1.54, 1.807) is 0 Å². The largest absolute Gasteiger partial charge is 0.416 e. The van der Waals surface area contributed by atoms with Crippen molar-refractivity contribution >= 4 is 0 Å². The topological polar surface area (TPSA) is 38.5 Å². The Balaban J connectivity index is 2.82. The molecule has 3 nitrogen and oxygen atoms in total. The summed E-state index contributed by atoms with van der Waals surface area (Å²) < 4.78 is 43.1. The second kappa shape index (κ2) is 8.36. The zero-order chi connectivity index (χ0) is 15.9. The monoisotopic (exact) mass is 304 g/mol. The molecule has 0 aromatic heterocycles. The van der Waals surface area contributed by atoms with Gasteiger partial charge in [0.1, 0.15) is 0 Å². The molecular weight excluding hydrogens is 281 g/mol. The summed E-state index contributed by atoms with van der Waals surface area (Å²) in [7, 11) is 0. The minimum atomic E-state index is -4.31. The molecule has 1 aromatic rings. The molecule has 0 radical (unpaired) electrons. The Morgan fingerprint density at radius 2 is 1.81 bits per heavy atom. The van der Waals surface area contributed by atoms with Gasteiger partial charge in [0, 0.05) is 25.7 Å². The van der Waals surface area contributed by atoms with Gasteiger partial charge in [0.2, 0.25) is 0 Å². The predicted octanol–water partition coefficient (Wildman–Crippen LogP) is 3.06. The van der Waals surface area contributed by atoms with Crippen LogP contribution in [0.5, 0.6) is 0 Å². The summed E-state index contributed by atoms with van der Waals surface area (Å²) in [6, 6.07) is 5.12. The van der Waals surface area contributed by atoms with Gasteiger partial charge in [0.15, 0.2) is 0 Å². The van der Waals surface area contributed by atoms with Gasteiger partial charge < -0.3 is 10.5 Å². The fraction of sp³-hybridized carbons (Fsp3) is 0.600. The summed E-state index contributed by atoms with van der Waals surface area (Å²) in [5, 5.41) is 0. The number of hydrogen-bond donors (Lipinski definition) is 1. The van der Waals surface area contributed by atoms with Crippen LogP contribution >= 0.6 is 0 Å². The van der Waals surface area contributed by atoms with E-state index in [4.69, 9.17) is 10.5 Å². The third-order valence-corrected chi connectivity index (χ3v) is 3.42. The molecular formula is C15H23F3N2O. The van der Waals surface area contributed by atoms with Gasteiger partial charge in [-0.1, -0.05) is 19.1 Å². The molecule has 1 aromatic carbocycles. The van der Waals surface area contributed by atoms with Crippen molar-refractivity contribution in [3.05, 3.63) is 35.4 Å². The highest BCUT2D eigenvalue weighted by molar-refractivity contribution is 5.27. The third-order valence-electron chi connectivity index (χ3n) is 3.42. The summed E-state index contributed by atoms with van der Waals surface area (Å²) in [5.74, 6) is 0. The molecule has 6 heteroatoms. The van der Waals surface area contributed by atoms with Crippen LogP contribution in [0.3, 0.4) is 0 Å². The molecule has 120 valence electrons. The molecule has 0 heterocycles. The van der Waals surface area contributed by atoms with Gasteiger partial charge in [-0.15, -0.1) is 0 Å². The van der Waals surface area contributed by atoms with Gasteiger partial charge in [-0.2, -0.15) is 13.2 Å². The van der Waals surface area contributed by atoms with E-state index in [0.717, 1.165) is 24.2 Å². The number of ether oxygens (including phenoxy) is 1. The molecule has 0 spiro atoms. The first-order valence-electron chi connectivity index (χ1n) is 7.13. The maximum absolute atomic E-state index is 12.6. The Bertz CT molecular complexity index is 406. The number of halogens is 3. The van der Waals surface area contributed by atoms with Crippen LogP contribution in [0.1, 0.15) is 31.0 Å². The summed E-state index contributed by atoms with van der Waals surface area (Å²) in [4.78, 5) is 2.11. The number of nitrogens with two attached hydrogens (primary N) is 1. The van der Waals surface area contributed by atoms with Gasteiger partial charge in [0.25, 0.3) is 0 Å². The van der Waals surface area contributed by atoms with Gasteiger partial charge in [-0.3, -0.25) is 4.90 Å². The quantitative estimate of drug-likeness (QED) is 0.750. The number of benzene rings is 1. The van der Waals surface area contributed by atoms with Crippen LogP contribution in [-0.4, -0.2) is 37.7 Å². The van der Waals surface area contributed by atoms with Crippen molar-refractivity contribution in [3.63, 3.8) is 0 Å². The molecule has 0 aliphatic heterocycles. The van der Waals surface area contributed by atoms with Gasteiger partial charge in [-0.25, -0.2) is 0 Å². The molecule has 0 fully saturated rings. The molecule has 0 aliphatic carbocycles. The van der Waals surface area contributed by atoms with Crippen molar-refractivity contribution in [2.24, 2.45) is 5.73 Å². The highest BCUT2D eigenvalue weighted by Gasteiger charge is 2.30. The highest BCUT2D eigenvalue weighted by atomic mass is 19.4. The first-order chi connectivity index (χ1) is 9.93. The van der Waals surface area contributed by atoms with E-state index in [0.29, 0.717) is 26.3 Å². The second-order valence-corrected chi connectivity index (χ2v) is 4.70. The number of hydrogen-bond acceptors (Lipinski definition) is 3. The molecule has 1 rings (SSSR count). The van der Waals surface area contributed by atoms with Crippen molar-refractivity contribution < 1.29 is 17.9 Å². The van der Waals surface area contributed by atoms with E-state index in [-0.39, 0.29) is 6.04 Å². The zero-order valence-electron chi connectivity index (χ0n) is 12.5. The fourth-order valence-corrected chi connectivity index (χ4v) is 2.25. The van der Waals surface area contributed by atoms with E-state index in [1.165, 1.54) is 12.1 Å². The molecule has 0 bridgehead atoms. The van der Waals surface area contributed by atoms with Crippen molar-refractivity contribution in [1.82, 2.24) is 4.90 Å². The average molecular weight is 304 g/mol. The van der Waals surface area contributed by atoms with Crippen molar-refractivity contribution in [3.8, 4) is 0 Å². The smallest absolute Gasteiger partial charge is 0.380 e. The molecule has 0 saturated carbocycles. The predicted molar refractivity (Wildman–Crippen MR) is 77.0 cm³/mol. The summed E-state index contributed by atoms with van der Waals surface area (Å²) in [6.07, 6.45) is -4.31. The van der Waals surface area contributed by atoms with Gasteiger partial charge in [-0.05, 0) is 31.2 Å². The normalized spacial score (nSPS) is 13.7. The third kappa shape index (κ3) is 5.30. The average Bonchev–Trinajstić information content (AvgIpc) is 2.46. The first-order valence-corrected chi connectivity index (χ1v) is 7.13. The van der Waals surface area contributed by atoms with E-state index in [1.807, 2.05) is 13.8 Å². The molecule has 0 saturated heterocycles. The zero-order valence-corrected chi connectivity index (χ0v) is 12.5. The Hall–Kier alpha value is -1.11. The molecule has 1 atom stereocenters. The fourth-order valence-electron chi connectivity index (χ4n) is 2.25. The van der Waals surface area contributed by atoms with E-state index < -0.39 is 11.7 Å². The van der Waals surface area contributed by atoms with Crippen LogP contribution in [0.4, 0.5) is 13.2 Å². The lowest BCUT2D eigenvalue weighted by Crippen LogP contribution is -2.36. The van der Waals surface area contributed by atoms with Crippen molar-refractivity contribution in [2.75, 3.05) is 32.8 Å². The standard InChI is InChI=1S/C15H23F3N2O/c1-3-20(9-10-21-4-2)14(11-19)12-5-7-13(8-6-12)15(16,17)18/h5-8,14H,3-4,9-11,19H2,1-2H3. The molecule has 0 amide bonds. The number of nitrogens with zero attached hydrogens (tertiary/aromatic N) is 1. The van der Waals surface area contributed by atoms with Crippen LogP contribution in [-0.2, 0) is 10.9 Å². The van der Waals surface area contributed by atoms with E-state index in [2.05, 4.69) is 4.90 Å². The number of likely N-dealkylation sites (N-methyl/N-ethyl adjacent to an activating group) is 1. The van der Waals surface area contributed by atoms with Crippen LogP contribution in [0.15, 0.2) is 24.3 Å². The molecule has 21 heavy (non-hydrogen) atoms. The van der Waals surface area contributed by atoms with E-state index in [9.17, 15) is 13.2 Å². The molecule has 1 unspecified atom stereocenters. The Morgan fingerprint density at radius 3 is 2.24 bits per heavy atom. The van der Waals surface area contributed by atoms with Crippen molar-refractivity contribution in [1.29, 1.82) is 0 Å². The lowest BCUT2D eigenvalue weighted by molar-refractivity contribution is -0.137. The Kier molecular flexibility index (Phi) is 7.14. The first kappa shape index (κ1) is 17.9. The Morgan fingerprint density at radius 1 is 1.19 bits per heavy atom. The SMILES string of the molecule is CCOCCN(CC)C(CN)c1ccc(C(F)(F)F)cc1.